The van der Waals surface area contributed by atoms with Crippen molar-refractivity contribution in [2.75, 3.05) is 0 Å². The van der Waals surface area contributed by atoms with Gasteiger partial charge in [0, 0.05) is 36.3 Å². The molecule has 0 aromatic heterocycles. The number of allylic oxidation sites excluding steroid dienone is 4. The SMILES string of the molecule is O=C1C2=CC=CCC2C(=O)c2cc(Sc3ccc([S+](c4ccccc4)c4ccc(Sc5ccccc5)cc4)cc3)ccc21. The highest BCUT2D eigenvalue weighted by atomic mass is 32.2. The van der Waals surface area contributed by atoms with Gasteiger partial charge in [-0.05, 0) is 97.4 Å². The van der Waals surface area contributed by atoms with E-state index in [4.69, 9.17) is 0 Å². The standard InChI is InChI=1S/C38H27O2S3/c39-37-33-13-7-8-14-34(33)38(40)36-25-29(19-24-35(36)37)42-28-17-22-32(23-18-28)43(30-11-5-2-6-12-30)31-20-15-27(16-21-31)41-26-9-3-1-4-10-26/h1-13,15-25,34H,14H2/q+1. The lowest BCUT2D eigenvalue weighted by molar-refractivity contribution is 0.0882. The highest BCUT2D eigenvalue weighted by Gasteiger charge is 2.37. The van der Waals surface area contributed by atoms with E-state index in [0.29, 0.717) is 23.1 Å². The average molecular weight is 612 g/mol. The van der Waals surface area contributed by atoms with Crippen molar-refractivity contribution in [3.63, 3.8) is 0 Å². The van der Waals surface area contributed by atoms with Gasteiger partial charge in [-0.3, -0.25) is 9.59 Å². The third-order valence-electron chi connectivity index (χ3n) is 7.55. The molecule has 0 N–H and O–H groups in total. The first-order valence-corrected chi connectivity index (χ1v) is 17.0. The van der Waals surface area contributed by atoms with Crippen molar-refractivity contribution in [1.82, 2.24) is 0 Å². The number of ketones is 2. The number of fused-ring (bicyclic) bond motifs is 2. The Morgan fingerprint density at radius 3 is 1.74 bits per heavy atom. The maximum Gasteiger partial charge on any atom is 0.190 e. The summed E-state index contributed by atoms with van der Waals surface area (Å²) in [5.41, 5.74) is 1.68. The Bertz CT molecular complexity index is 1860. The first-order valence-electron chi connectivity index (χ1n) is 14.1. The number of Topliss-reactive ketones (excluding diaryl/α,β-unsaturated/α-hetero) is 2. The molecule has 0 saturated carbocycles. The minimum atomic E-state index is -0.355. The monoisotopic (exact) mass is 611 g/mol. The highest BCUT2D eigenvalue weighted by Crippen LogP contribution is 2.39. The fraction of sp³-hybridized carbons (Fsp3) is 0.0526. The summed E-state index contributed by atoms with van der Waals surface area (Å²) in [6.07, 6.45) is 6.22. The van der Waals surface area contributed by atoms with Gasteiger partial charge >= 0.3 is 0 Å². The number of carbonyl (C=O) groups excluding carboxylic acids is 2. The summed E-state index contributed by atoms with van der Waals surface area (Å²) < 4.78 is 0. The summed E-state index contributed by atoms with van der Waals surface area (Å²) >= 11 is 3.39. The van der Waals surface area contributed by atoms with Gasteiger partial charge in [0.05, 0.1) is 16.8 Å². The Morgan fingerprint density at radius 1 is 0.558 bits per heavy atom. The van der Waals surface area contributed by atoms with E-state index < -0.39 is 0 Å². The zero-order valence-corrected chi connectivity index (χ0v) is 25.6. The second-order valence-electron chi connectivity index (χ2n) is 10.3. The molecule has 2 aliphatic carbocycles. The molecule has 2 atom stereocenters. The van der Waals surface area contributed by atoms with Crippen molar-refractivity contribution in [3.8, 4) is 0 Å². The van der Waals surface area contributed by atoms with Crippen LogP contribution in [0.15, 0.2) is 185 Å². The van der Waals surface area contributed by atoms with Crippen LogP contribution < -0.4 is 0 Å². The minimum Gasteiger partial charge on any atom is -0.293 e. The van der Waals surface area contributed by atoms with Crippen molar-refractivity contribution in [2.24, 2.45) is 5.92 Å². The van der Waals surface area contributed by atoms with Crippen LogP contribution in [0.3, 0.4) is 0 Å². The summed E-state index contributed by atoms with van der Waals surface area (Å²) in [7, 11) is -0.250. The maximum absolute atomic E-state index is 13.3. The van der Waals surface area contributed by atoms with Gasteiger partial charge in [0.1, 0.15) is 0 Å². The van der Waals surface area contributed by atoms with E-state index in [0.717, 1.165) is 9.79 Å². The predicted octanol–water partition coefficient (Wildman–Crippen LogP) is 9.97. The zero-order chi connectivity index (χ0) is 29.2. The van der Waals surface area contributed by atoms with E-state index >= 15 is 0 Å². The van der Waals surface area contributed by atoms with Crippen LogP contribution in [0.25, 0.3) is 0 Å². The molecule has 7 rings (SSSR count). The van der Waals surface area contributed by atoms with E-state index in [-0.39, 0.29) is 28.4 Å². The molecular formula is C38H27O2S3+. The molecule has 0 aliphatic heterocycles. The van der Waals surface area contributed by atoms with E-state index in [1.807, 2.05) is 36.4 Å². The van der Waals surface area contributed by atoms with Gasteiger partial charge in [-0.25, -0.2) is 0 Å². The molecule has 0 heterocycles. The minimum absolute atomic E-state index is 0.0236. The molecule has 0 saturated heterocycles. The Hall–Kier alpha value is -4.03. The summed E-state index contributed by atoms with van der Waals surface area (Å²) in [4.78, 5) is 34.6. The van der Waals surface area contributed by atoms with Crippen molar-refractivity contribution in [1.29, 1.82) is 0 Å². The van der Waals surface area contributed by atoms with Crippen LogP contribution in [0.2, 0.25) is 0 Å². The van der Waals surface area contributed by atoms with Gasteiger partial charge in [-0.2, -0.15) is 0 Å². The van der Waals surface area contributed by atoms with Crippen LogP contribution >= 0.6 is 23.5 Å². The molecule has 208 valence electrons. The molecule has 2 nitrogen and oxygen atoms in total. The molecule has 43 heavy (non-hydrogen) atoms. The number of rotatable bonds is 7. The number of hydrogen-bond acceptors (Lipinski definition) is 4. The van der Waals surface area contributed by atoms with Gasteiger partial charge < -0.3 is 0 Å². The largest absolute Gasteiger partial charge is 0.293 e. The van der Waals surface area contributed by atoms with Crippen LogP contribution in [-0.4, -0.2) is 11.6 Å². The Kier molecular flexibility index (Phi) is 7.94. The topological polar surface area (TPSA) is 34.1 Å². The molecule has 0 radical (unpaired) electrons. The number of benzene rings is 5. The lowest BCUT2D eigenvalue weighted by Crippen LogP contribution is -2.30. The van der Waals surface area contributed by atoms with Crippen molar-refractivity contribution < 1.29 is 9.59 Å². The van der Waals surface area contributed by atoms with Crippen LogP contribution in [0.1, 0.15) is 27.1 Å². The van der Waals surface area contributed by atoms with E-state index in [9.17, 15) is 9.59 Å². The van der Waals surface area contributed by atoms with Crippen LogP contribution in [0.5, 0.6) is 0 Å². The van der Waals surface area contributed by atoms with E-state index in [1.54, 1.807) is 29.6 Å². The Morgan fingerprint density at radius 2 is 1.09 bits per heavy atom. The normalized spacial score (nSPS) is 16.3. The third kappa shape index (κ3) is 5.81. The number of hydrogen-bond donors (Lipinski definition) is 0. The Balaban J connectivity index is 1.13. The average Bonchev–Trinajstić information content (AvgIpc) is 3.06. The van der Waals surface area contributed by atoms with Crippen LogP contribution in [0.4, 0.5) is 0 Å². The molecule has 2 aliphatic rings. The smallest absolute Gasteiger partial charge is 0.190 e. The third-order valence-corrected chi connectivity index (χ3v) is 11.8. The molecule has 0 spiro atoms. The zero-order valence-electron chi connectivity index (χ0n) is 23.2. The molecule has 0 bridgehead atoms. The van der Waals surface area contributed by atoms with Crippen molar-refractivity contribution >= 4 is 46.0 Å². The predicted molar refractivity (Wildman–Crippen MR) is 177 cm³/mol. The van der Waals surface area contributed by atoms with Crippen LogP contribution in [-0.2, 0) is 10.9 Å². The quantitative estimate of drug-likeness (QED) is 0.172. The molecule has 0 fully saturated rings. The first-order chi connectivity index (χ1) is 21.1. The summed E-state index contributed by atoms with van der Waals surface area (Å²) in [5.74, 6) is -0.334. The van der Waals surface area contributed by atoms with Crippen LogP contribution in [0, 0.1) is 5.92 Å². The van der Waals surface area contributed by atoms with Crippen molar-refractivity contribution in [2.45, 2.75) is 40.7 Å². The number of carbonyl (C=O) groups is 2. The maximum atomic E-state index is 13.3. The highest BCUT2D eigenvalue weighted by molar-refractivity contribution is 7.99. The summed E-state index contributed by atoms with van der Waals surface area (Å²) in [6.45, 7) is 0. The molecule has 2 unspecified atom stereocenters. The summed E-state index contributed by atoms with van der Waals surface area (Å²) in [5, 5.41) is 0. The van der Waals surface area contributed by atoms with Gasteiger partial charge in [-0.15, -0.1) is 0 Å². The second-order valence-corrected chi connectivity index (χ2v) is 14.6. The van der Waals surface area contributed by atoms with E-state index in [1.165, 1.54) is 24.5 Å². The molecule has 5 aromatic carbocycles. The lowest BCUT2D eigenvalue weighted by Gasteiger charge is -2.26. The van der Waals surface area contributed by atoms with Gasteiger partial charge in [-0.1, -0.05) is 78.2 Å². The molecular weight excluding hydrogens is 585 g/mol. The van der Waals surface area contributed by atoms with Crippen molar-refractivity contribution in [3.05, 3.63) is 162 Å². The lowest BCUT2D eigenvalue weighted by atomic mass is 9.75. The molecule has 5 heteroatoms. The van der Waals surface area contributed by atoms with E-state index in [2.05, 4.69) is 103 Å². The fourth-order valence-electron chi connectivity index (χ4n) is 5.46. The molecule has 5 aromatic rings. The second kappa shape index (κ2) is 12.3. The summed E-state index contributed by atoms with van der Waals surface area (Å²) in [6, 6.07) is 44.4. The van der Waals surface area contributed by atoms with Gasteiger partial charge in [0.2, 0.25) is 0 Å². The Labute approximate surface area is 263 Å². The van der Waals surface area contributed by atoms with Gasteiger partial charge in [0.25, 0.3) is 0 Å². The van der Waals surface area contributed by atoms with Gasteiger partial charge in [0.15, 0.2) is 26.3 Å². The fourth-order valence-corrected chi connectivity index (χ4v) is 9.21. The molecule has 0 amide bonds. The first kappa shape index (κ1) is 27.8.